The molecule has 2 rings (SSSR count). The fourth-order valence-corrected chi connectivity index (χ4v) is 1.52. The van der Waals surface area contributed by atoms with Crippen LogP contribution in [0, 0.1) is 20.8 Å². The van der Waals surface area contributed by atoms with Crippen LogP contribution in [0.5, 0.6) is 0 Å². The van der Waals surface area contributed by atoms with Gasteiger partial charge in [0.05, 0.1) is 11.4 Å². The molecule has 0 amide bonds. The number of hydrogen-bond donors (Lipinski definition) is 1. The Labute approximate surface area is 163 Å². The van der Waals surface area contributed by atoms with E-state index in [0.29, 0.717) is 0 Å². The number of aryl methyl sites for hydroxylation is 2. The molecule has 0 bridgehead atoms. The van der Waals surface area contributed by atoms with Crippen LogP contribution in [0.4, 0.5) is 0 Å². The second-order valence-corrected chi connectivity index (χ2v) is 4.04. The number of rotatable bonds is 1. The van der Waals surface area contributed by atoms with Gasteiger partial charge in [-0.1, -0.05) is 75.3 Å². The molecule has 1 N–H and O–H groups in total. The molecule has 0 radical (unpaired) electrons. The largest absolute Gasteiger partial charge is 0.320 e. The maximum atomic E-state index is 11.6. The molecule has 3 heteroatoms. The number of aromatic amines is 1. The van der Waals surface area contributed by atoms with Gasteiger partial charge in [0.15, 0.2) is 0 Å². The van der Waals surface area contributed by atoms with E-state index in [-0.39, 0.29) is 5.56 Å². The fourth-order valence-electron chi connectivity index (χ4n) is 1.52. The third-order valence-electron chi connectivity index (χ3n) is 2.73. The number of H-pyrrole nitrogens is 1. The van der Waals surface area contributed by atoms with Gasteiger partial charge in [-0.25, -0.2) is 0 Å². The Hall–Kier alpha value is -1.90. The first kappa shape index (κ1) is 31.8. The minimum Gasteiger partial charge on any atom is -0.320 e. The zero-order valence-electron chi connectivity index (χ0n) is 19.7. The first-order chi connectivity index (χ1) is 12.6. The molecular weight excluding hydrogens is 320 g/mol. The van der Waals surface area contributed by atoms with Crippen LogP contribution in [0.15, 0.2) is 29.2 Å². The van der Waals surface area contributed by atoms with Crippen LogP contribution in [-0.4, -0.2) is 9.97 Å². The Morgan fingerprint density at radius 1 is 0.769 bits per heavy atom. The average molecular weight is 365 g/mol. The van der Waals surface area contributed by atoms with Crippen molar-refractivity contribution in [1.29, 1.82) is 0 Å². The van der Waals surface area contributed by atoms with E-state index in [1.807, 2.05) is 108 Å². The molecule has 2 aromatic heterocycles. The molecule has 0 unspecified atom stereocenters. The van der Waals surface area contributed by atoms with E-state index in [9.17, 15) is 4.79 Å². The van der Waals surface area contributed by atoms with Gasteiger partial charge in [-0.3, -0.25) is 9.78 Å². The molecule has 2 heterocycles. The number of aromatic nitrogens is 2. The predicted octanol–water partition coefficient (Wildman–Crippen LogP) is 7.49. The third kappa shape index (κ3) is 12.5. The van der Waals surface area contributed by atoms with Crippen LogP contribution in [0.3, 0.4) is 0 Å². The second kappa shape index (κ2) is 23.1. The Morgan fingerprint density at radius 3 is 1.58 bits per heavy atom. The summed E-state index contributed by atoms with van der Waals surface area (Å²) >= 11 is 0. The van der Waals surface area contributed by atoms with E-state index in [1.165, 1.54) is 0 Å². The van der Waals surface area contributed by atoms with Crippen LogP contribution in [0.25, 0.3) is 11.4 Å². The maximum absolute atomic E-state index is 11.6. The van der Waals surface area contributed by atoms with Crippen LogP contribution in [0.1, 0.15) is 85.9 Å². The molecule has 0 aliphatic rings. The van der Waals surface area contributed by atoms with E-state index in [1.54, 1.807) is 6.20 Å². The van der Waals surface area contributed by atoms with Gasteiger partial charge >= 0.3 is 0 Å². The van der Waals surface area contributed by atoms with Gasteiger partial charge in [0.1, 0.15) is 0 Å². The van der Waals surface area contributed by atoms with Gasteiger partial charge in [0.25, 0.3) is 5.56 Å². The van der Waals surface area contributed by atoms with Crippen molar-refractivity contribution in [3.63, 3.8) is 0 Å². The van der Waals surface area contributed by atoms with Gasteiger partial charge < -0.3 is 4.98 Å². The number of hydrogen-bond acceptors (Lipinski definition) is 2. The highest BCUT2D eigenvalue weighted by Gasteiger charge is 2.04. The molecular formula is C23H44N2O. The van der Waals surface area contributed by atoms with Crippen molar-refractivity contribution in [2.24, 2.45) is 0 Å². The van der Waals surface area contributed by atoms with E-state index in [2.05, 4.69) is 9.97 Å². The maximum Gasteiger partial charge on any atom is 0.251 e. The summed E-state index contributed by atoms with van der Waals surface area (Å²) in [5.41, 5.74) is 4.38. The Kier molecular flexibility index (Phi) is 28.3. The molecule has 2 aromatic rings. The highest BCUT2D eigenvalue weighted by Crippen LogP contribution is 2.15. The van der Waals surface area contributed by atoms with Crippen molar-refractivity contribution >= 4 is 0 Å². The second-order valence-electron chi connectivity index (χ2n) is 4.04. The highest BCUT2D eigenvalue weighted by atomic mass is 16.1. The summed E-state index contributed by atoms with van der Waals surface area (Å²) in [6.45, 7) is 25.7. The normalized spacial score (nSPS) is 7.58. The smallest absolute Gasteiger partial charge is 0.251 e. The summed E-state index contributed by atoms with van der Waals surface area (Å²) < 4.78 is 0. The molecule has 0 saturated heterocycles. The van der Waals surface area contributed by atoms with Gasteiger partial charge in [0, 0.05) is 11.8 Å². The van der Waals surface area contributed by atoms with Crippen LogP contribution in [-0.2, 0) is 0 Å². The zero-order valence-corrected chi connectivity index (χ0v) is 19.7. The van der Waals surface area contributed by atoms with E-state index >= 15 is 0 Å². The predicted molar refractivity (Wildman–Crippen MR) is 121 cm³/mol. The summed E-state index contributed by atoms with van der Waals surface area (Å²) in [4.78, 5) is 18.7. The summed E-state index contributed by atoms with van der Waals surface area (Å²) in [5, 5.41) is 0. The van der Waals surface area contributed by atoms with Crippen molar-refractivity contribution < 1.29 is 0 Å². The molecule has 0 aliphatic heterocycles. The average Bonchev–Trinajstić information content (AvgIpc) is 2.74. The number of pyridine rings is 2. The number of nitrogens with one attached hydrogen (secondary N) is 1. The summed E-state index contributed by atoms with van der Waals surface area (Å²) in [6, 6.07) is 5.85. The number of nitrogens with zero attached hydrogens (tertiary/aromatic N) is 1. The minimum atomic E-state index is -0.0441. The molecule has 3 nitrogen and oxygen atoms in total. The SMILES string of the molecule is CC.CC.CC.CC.CC.Cc1ccc(-c2cc(C)c(C)c(=O)[nH]2)nc1. The molecule has 0 spiro atoms. The van der Waals surface area contributed by atoms with Crippen molar-refractivity contribution in [3.05, 3.63) is 51.4 Å². The standard InChI is InChI=1S/C13H14N2O.5C2H6/c1-8-4-5-11(14-7-8)12-6-9(2)10(3)13(16)15-12;5*1-2/h4-7H,1-3H3,(H,15,16);5*1-2H3. The highest BCUT2D eigenvalue weighted by molar-refractivity contribution is 5.55. The van der Waals surface area contributed by atoms with E-state index in [4.69, 9.17) is 0 Å². The van der Waals surface area contributed by atoms with Crippen LogP contribution >= 0.6 is 0 Å². The first-order valence-corrected chi connectivity index (χ1v) is 10.2. The van der Waals surface area contributed by atoms with Crippen molar-refractivity contribution in [2.45, 2.75) is 90.0 Å². The first-order valence-electron chi connectivity index (χ1n) is 10.2. The molecule has 0 fully saturated rings. The lowest BCUT2D eigenvalue weighted by Gasteiger charge is -2.04. The summed E-state index contributed by atoms with van der Waals surface area (Å²) in [5.74, 6) is 0. The van der Waals surface area contributed by atoms with E-state index in [0.717, 1.165) is 28.1 Å². The minimum absolute atomic E-state index is 0.0441. The monoisotopic (exact) mass is 364 g/mol. The van der Waals surface area contributed by atoms with E-state index < -0.39 is 0 Å². The Balaban J connectivity index is -0.000000210. The van der Waals surface area contributed by atoms with Gasteiger partial charge in [-0.2, -0.15) is 0 Å². The Bertz CT molecular complexity index is 570. The summed E-state index contributed by atoms with van der Waals surface area (Å²) in [7, 11) is 0. The summed E-state index contributed by atoms with van der Waals surface area (Å²) in [6.07, 6.45) is 1.79. The van der Waals surface area contributed by atoms with Crippen molar-refractivity contribution in [1.82, 2.24) is 9.97 Å². The topological polar surface area (TPSA) is 45.8 Å². The Morgan fingerprint density at radius 2 is 1.23 bits per heavy atom. The molecule has 0 atom stereocenters. The molecule has 152 valence electrons. The van der Waals surface area contributed by atoms with Gasteiger partial charge in [-0.15, -0.1) is 0 Å². The molecule has 26 heavy (non-hydrogen) atoms. The lowest BCUT2D eigenvalue weighted by atomic mass is 10.1. The van der Waals surface area contributed by atoms with Gasteiger partial charge in [0.2, 0.25) is 0 Å². The van der Waals surface area contributed by atoms with Crippen LogP contribution in [0.2, 0.25) is 0 Å². The zero-order chi connectivity index (χ0) is 21.7. The van der Waals surface area contributed by atoms with Crippen molar-refractivity contribution in [2.75, 3.05) is 0 Å². The molecule has 0 saturated carbocycles. The fraction of sp³-hybridized carbons (Fsp3) is 0.565. The van der Waals surface area contributed by atoms with Crippen LogP contribution < -0.4 is 5.56 Å². The third-order valence-corrected chi connectivity index (χ3v) is 2.73. The molecule has 0 aliphatic carbocycles. The van der Waals surface area contributed by atoms with Gasteiger partial charge in [-0.05, 0) is 44.0 Å². The van der Waals surface area contributed by atoms with Crippen molar-refractivity contribution in [3.8, 4) is 11.4 Å². The molecule has 0 aromatic carbocycles. The quantitative estimate of drug-likeness (QED) is 0.569. The lowest BCUT2D eigenvalue weighted by Crippen LogP contribution is -2.12. The lowest BCUT2D eigenvalue weighted by molar-refractivity contribution is 1.13.